The van der Waals surface area contributed by atoms with Gasteiger partial charge >= 0.3 is 0 Å². The largest absolute Gasteiger partial charge is 0.396 e. The molecule has 7 nitrogen and oxygen atoms in total. The normalized spacial score (nSPS) is 34.2. The van der Waals surface area contributed by atoms with Crippen molar-refractivity contribution in [2.24, 2.45) is 23.7 Å². The summed E-state index contributed by atoms with van der Waals surface area (Å²) in [6, 6.07) is 18.6. The molecule has 240 valence electrons. The molecule has 4 aliphatic heterocycles. The monoisotopic (exact) mass is 602 g/mol. The Balaban J connectivity index is 0.000000143. The van der Waals surface area contributed by atoms with E-state index in [0.717, 1.165) is 70.6 Å². The van der Waals surface area contributed by atoms with Crippen molar-refractivity contribution in [2.75, 3.05) is 95.1 Å². The molecular formula is C37H54N4O3. The summed E-state index contributed by atoms with van der Waals surface area (Å²) in [5.74, 6) is 2.84. The number of nitrogens with one attached hydrogen (secondary N) is 1. The van der Waals surface area contributed by atoms with Crippen molar-refractivity contribution in [1.82, 2.24) is 10.2 Å². The molecule has 2 saturated carbocycles. The second-order valence-corrected chi connectivity index (χ2v) is 14.2. The van der Waals surface area contributed by atoms with Crippen LogP contribution in [0.1, 0.15) is 50.2 Å². The lowest BCUT2D eigenvalue weighted by Gasteiger charge is -2.29. The van der Waals surface area contributed by atoms with Gasteiger partial charge in [0, 0.05) is 81.2 Å². The van der Waals surface area contributed by atoms with Crippen LogP contribution in [0.25, 0.3) is 0 Å². The summed E-state index contributed by atoms with van der Waals surface area (Å²) in [4.78, 5) is 7.51. The average Bonchev–Trinajstić information content (AvgIpc) is 3.67. The number of likely N-dealkylation sites (tertiary alicyclic amines) is 1. The Morgan fingerprint density at radius 2 is 1.32 bits per heavy atom. The first kappa shape index (κ1) is 30.5. The Labute approximate surface area is 264 Å². The summed E-state index contributed by atoms with van der Waals surface area (Å²) in [6.07, 6.45) is 5.96. The van der Waals surface area contributed by atoms with Crippen molar-refractivity contribution in [3.05, 3.63) is 59.7 Å². The van der Waals surface area contributed by atoms with Crippen molar-refractivity contribution < 1.29 is 14.9 Å². The standard InChI is InChI=1S/C20H30N2O.C17H24N2O2/c1-2-21-14-19-18(10-13-23)20(19,15-21)16-6-8-17(9-7-16)22-11-4-3-5-12-22;20-8-5-15-16-11-18-12-17(15,16)13-1-3-14(4-2-13)19-6-9-21-10-7-19/h6-9,18-19,23H,2-5,10-15H2,1H3;1-4,15-16,18,20H,5-12H2. The van der Waals surface area contributed by atoms with E-state index in [1.807, 2.05) is 0 Å². The van der Waals surface area contributed by atoms with Crippen LogP contribution in [-0.2, 0) is 15.6 Å². The lowest BCUT2D eigenvalue weighted by atomic mass is 9.91. The van der Waals surface area contributed by atoms with E-state index >= 15 is 0 Å². The van der Waals surface area contributed by atoms with Crippen LogP contribution in [0.2, 0.25) is 0 Å². The quantitative estimate of drug-likeness (QED) is 0.403. The molecule has 44 heavy (non-hydrogen) atoms. The summed E-state index contributed by atoms with van der Waals surface area (Å²) in [7, 11) is 0. The van der Waals surface area contributed by atoms with Crippen LogP contribution in [-0.4, -0.2) is 100 Å². The minimum Gasteiger partial charge on any atom is -0.396 e. The second kappa shape index (κ2) is 12.9. The van der Waals surface area contributed by atoms with Crippen molar-refractivity contribution in [3.63, 3.8) is 0 Å². The molecule has 2 aromatic carbocycles. The van der Waals surface area contributed by atoms with Gasteiger partial charge in [-0.1, -0.05) is 31.2 Å². The zero-order chi connectivity index (χ0) is 30.1. The second-order valence-electron chi connectivity index (χ2n) is 14.2. The van der Waals surface area contributed by atoms with Crippen LogP contribution >= 0.6 is 0 Å². The number of ether oxygens (including phenoxy) is 1. The van der Waals surface area contributed by atoms with E-state index in [4.69, 9.17) is 4.74 Å². The number of hydrogen-bond donors (Lipinski definition) is 3. The van der Waals surface area contributed by atoms with Crippen molar-refractivity contribution in [1.29, 1.82) is 0 Å². The van der Waals surface area contributed by atoms with Crippen molar-refractivity contribution >= 4 is 11.4 Å². The minimum atomic E-state index is 0.298. The van der Waals surface area contributed by atoms with Gasteiger partial charge in [-0.3, -0.25) is 0 Å². The topological polar surface area (TPSA) is 71.4 Å². The summed E-state index contributed by atoms with van der Waals surface area (Å²) < 4.78 is 5.42. The maximum absolute atomic E-state index is 9.41. The summed E-state index contributed by atoms with van der Waals surface area (Å²) in [5.41, 5.74) is 6.29. The van der Waals surface area contributed by atoms with Crippen molar-refractivity contribution in [2.45, 2.75) is 49.9 Å². The van der Waals surface area contributed by atoms with E-state index in [1.165, 1.54) is 67.9 Å². The van der Waals surface area contributed by atoms with Crippen LogP contribution < -0.4 is 15.1 Å². The number of likely N-dealkylation sites (N-methyl/N-ethyl adjacent to an activating group) is 1. The molecule has 2 aliphatic carbocycles. The number of morpholine rings is 1. The molecule has 6 unspecified atom stereocenters. The maximum Gasteiger partial charge on any atom is 0.0642 e. The molecule has 2 aromatic rings. The number of benzene rings is 2. The number of aliphatic hydroxyl groups excluding tert-OH is 2. The molecule has 4 saturated heterocycles. The third kappa shape index (κ3) is 5.37. The first-order chi connectivity index (χ1) is 21.7. The Bertz CT molecular complexity index is 1230. The van der Waals surface area contributed by atoms with E-state index < -0.39 is 0 Å². The van der Waals surface area contributed by atoms with Crippen LogP contribution in [0.4, 0.5) is 11.4 Å². The van der Waals surface area contributed by atoms with E-state index in [9.17, 15) is 10.2 Å². The molecule has 4 heterocycles. The molecule has 3 N–H and O–H groups in total. The van der Waals surface area contributed by atoms with E-state index in [2.05, 4.69) is 75.5 Å². The zero-order valence-electron chi connectivity index (χ0n) is 26.8. The number of hydrogen-bond acceptors (Lipinski definition) is 7. The highest BCUT2D eigenvalue weighted by atomic mass is 16.5. The van der Waals surface area contributed by atoms with Crippen LogP contribution in [0, 0.1) is 23.7 Å². The fraction of sp³-hybridized carbons (Fsp3) is 0.676. The predicted molar refractivity (Wildman–Crippen MR) is 178 cm³/mol. The van der Waals surface area contributed by atoms with Gasteiger partial charge in [0.2, 0.25) is 0 Å². The third-order valence-corrected chi connectivity index (χ3v) is 12.4. The van der Waals surface area contributed by atoms with Gasteiger partial charge in [-0.05, 0) is 104 Å². The smallest absolute Gasteiger partial charge is 0.0642 e. The predicted octanol–water partition coefficient (Wildman–Crippen LogP) is 3.87. The van der Waals surface area contributed by atoms with Crippen molar-refractivity contribution in [3.8, 4) is 0 Å². The van der Waals surface area contributed by atoms with Gasteiger partial charge < -0.3 is 35.0 Å². The van der Waals surface area contributed by atoms with E-state index in [0.29, 0.717) is 35.9 Å². The molecular weight excluding hydrogens is 548 g/mol. The fourth-order valence-electron chi connectivity index (χ4n) is 9.89. The fourth-order valence-corrected chi connectivity index (χ4v) is 9.89. The lowest BCUT2D eigenvalue weighted by molar-refractivity contribution is 0.122. The number of piperidine rings is 3. The van der Waals surface area contributed by atoms with Gasteiger partial charge in [0.25, 0.3) is 0 Å². The number of rotatable bonds is 9. The number of nitrogens with zero attached hydrogens (tertiary/aromatic N) is 3. The summed E-state index contributed by atoms with van der Waals surface area (Å²) >= 11 is 0. The number of fused-ring (bicyclic) bond motifs is 2. The molecule has 0 bridgehead atoms. The SMILES string of the molecule is CCN1CC2C(CCO)C2(c2ccc(N3CCCCC3)cc2)C1.OCCC1C2CNCC12c1ccc(N2CCOCC2)cc1. The molecule has 0 radical (unpaired) electrons. The highest BCUT2D eigenvalue weighted by Crippen LogP contribution is 2.65. The maximum atomic E-state index is 9.41. The minimum absolute atomic E-state index is 0.298. The Morgan fingerprint density at radius 3 is 1.91 bits per heavy atom. The number of anilines is 2. The van der Waals surface area contributed by atoms with Gasteiger partial charge in [-0.25, -0.2) is 0 Å². The molecule has 6 atom stereocenters. The van der Waals surface area contributed by atoms with E-state index in [1.54, 1.807) is 0 Å². The van der Waals surface area contributed by atoms with Gasteiger partial charge in [0.15, 0.2) is 0 Å². The third-order valence-electron chi connectivity index (χ3n) is 12.4. The van der Waals surface area contributed by atoms with Crippen LogP contribution in [0.5, 0.6) is 0 Å². The van der Waals surface area contributed by atoms with E-state index in [-0.39, 0.29) is 0 Å². The first-order valence-electron chi connectivity index (χ1n) is 17.6. The molecule has 7 heteroatoms. The average molecular weight is 603 g/mol. The van der Waals surface area contributed by atoms with Gasteiger partial charge in [0.05, 0.1) is 13.2 Å². The Hall–Kier alpha value is -2.16. The molecule has 0 amide bonds. The van der Waals surface area contributed by atoms with Crippen LogP contribution in [0.3, 0.4) is 0 Å². The first-order valence-corrected chi connectivity index (χ1v) is 17.6. The lowest BCUT2D eigenvalue weighted by Crippen LogP contribution is -2.36. The van der Waals surface area contributed by atoms with Gasteiger partial charge in [0.1, 0.15) is 0 Å². The van der Waals surface area contributed by atoms with Crippen LogP contribution in [0.15, 0.2) is 48.5 Å². The molecule has 6 aliphatic rings. The highest BCUT2D eigenvalue weighted by molar-refractivity contribution is 5.53. The van der Waals surface area contributed by atoms with Gasteiger partial charge in [-0.15, -0.1) is 0 Å². The Kier molecular flexibility index (Phi) is 8.95. The highest BCUT2D eigenvalue weighted by Gasteiger charge is 2.68. The molecule has 6 fully saturated rings. The summed E-state index contributed by atoms with van der Waals surface area (Å²) in [5, 5.41) is 22.2. The summed E-state index contributed by atoms with van der Waals surface area (Å²) in [6.45, 7) is 14.7. The molecule has 0 aromatic heterocycles. The van der Waals surface area contributed by atoms with Gasteiger partial charge in [-0.2, -0.15) is 0 Å². The Morgan fingerprint density at radius 1 is 0.750 bits per heavy atom. The zero-order valence-corrected chi connectivity index (χ0v) is 26.8. The molecule has 8 rings (SSSR count). The molecule has 0 spiro atoms. The number of aliphatic hydroxyl groups is 2.